The summed E-state index contributed by atoms with van der Waals surface area (Å²) in [5.74, 6) is 0.0740. The number of hydrogen-bond donors (Lipinski definition) is 0. The second-order valence-electron chi connectivity index (χ2n) is 7.54. The summed E-state index contributed by atoms with van der Waals surface area (Å²) in [5.41, 5.74) is 1.60. The fourth-order valence-electron chi connectivity index (χ4n) is 4.52. The van der Waals surface area contributed by atoms with Gasteiger partial charge < -0.3 is 9.64 Å². The second kappa shape index (κ2) is 7.95. The van der Waals surface area contributed by atoms with Crippen LogP contribution in [0.15, 0.2) is 60.7 Å². The van der Waals surface area contributed by atoms with Crippen LogP contribution in [0, 0.1) is 5.92 Å². The summed E-state index contributed by atoms with van der Waals surface area (Å²) in [6.07, 6.45) is 5.08. The van der Waals surface area contributed by atoms with Crippen LogP contribution in [0.2, 0.25) is 0 Å². The third-order valence-electron chi connectivity index (χ3n) is 5.84. The molecule has 4 rings (SSSR count). The minimum absolute atomic E-state index is 0.0494. The van der Waals surface area contributed by atoms with Crippen LogP contribution in [-0.4, -0.2) is 28.9 Å². The smallest absolute Gasteiger partial charge is 0.329 e. The summed E-state index contributed by atoms with van der Waals surface area (Å²) in [7, 11) is 0. The Morgan fingerprint density at radius 3 is 2.33 bits per heavy atom. The Hall–Kier alpha value is -2.62. The van der Waals surface area contributed by atoms with Gasteiger partial charge in [-0.2, -0.15) is 0 Å². The molecule has 1 aliphatic heterocycles. The Morgan fingerprint density at radius 2 is 1.59 bits per heavy atom. The minimum Gasteiger partial charge on any atom is -0.459 e. The normalized spacial score (nSPS) is 24.3. The van der Waals surface area contributed by atoms with Gasteiger partial charge in [0.1, 0.15) is 12.6 Å². The molecule has 0 radical (unpaired) electrons. The van der Waals surface area contributed by atoms with Gasteiger partial charge in [-0.1, -0.05) is 61.4 Å². The molecule has 0 unspecified atom stereocenters. The number of likely N-dealkylation sites (tertiary alicyclic amines) is 1. The zero-order valence-electron chi connectivity index (χ0n) is 15.4. The van der Waals surface area contributed by atoms with Crippen molar-refractivity contribution < 1.29 is 14.3 Å². The average Bonchev–Trinajstić information content (AvgIpc) is 3.12. The Morgan fingerprint density at radius 1 is 0.926 bits per heavy atom. The summed E-state index contributed by atoms with van der Waals surface area (Å²) in [5, 5.41) is 0. The van der Waals surface area contributed by atoms with Crippen LogP contribution in [0.4, 0.5) is 0 Å². The summed E-state index contributed by atoms with van der Waals surface area (Å²) in [6.45, 7) is 0.249. The molecule has 3 atom stereocenters. The van der Waals surface area contributed by atoms with Crippen LogP contribution in [0.1, 0.15) is 48.0 Å². The fourth-order valence-corrected chi connectivity index (χ4v) is 4.52. The molecule has 2 aromatic rings. The van der Waals surface area contributed by atoms with Gasteiger partial charge in [-0.25, -0.2) is 4.79 Å². The molecule has 2 fully saturated rings. The lowest BCUT2D eigenvalue weighted by molar-refractivity contribution is -0.149. The van der Waals surface area contributed by atoms with Gasteiger partial charge in [-0.15, -0.1) is 0 Å². The molecule has 2 aromatic carbocycles. The number of rotatable bonds is 4. The van der Waals surface area contributed by atoms with Crippen LogP contribution in [0.25, 0.3) is 0 Å². The summed E-state index contributed by atoms with van der Waals surface area (Å²) in [4.78, 5) is 27.9. The van der Waals surface area contributed by atoms with E-state index in [1.165, 1.54) is 6.42 Å². The number of hydrogen-bond acceptors (Lipinski definition) is 3. The molecule has 1 aliphatic carbocycles. The quantitative estimate of drug-likeness (QED) is 0.765. The van der Waals surface area contributed by atoms with E-state index >= 15 is 0 Å². The highest BCUT2D eigenvalue weighted by Gasteiger charge is 2.48. The van der Waals surface area contributed by atoms with Crippen molar-refractivity contribution in [3.8, 4) is 0 Å². The van der Waals surface area contributed by atoms with E-state index in [1.54, 1.807) is 0 Å². The molecule has 0 N–H and O–H groups in total. The molecule has 1 saturated heterocycles. The van der Waals surface area contributed by atoms with Crippen molar-refractivity contribution in [1.82, 2.24) is 4.90 Å². The number of ether oxygens (including phenoxy) is 1. The maximum Gasteiger partial charge on any atom is 0.329 e. The first kappa shape index (κ1) is 17.8. The molecule has 1 amide bonds. The van der Waals surface area contributed by atoms with Crippen LogP contribution in [-0.2, 0) is 16.1 Å². The van der Waals surface area contributed by atoms with Crippen molar-refractivity contribution >= 4 is 11.9 Å². The highest BCUT2D eigenvalue weighted by Crippen LogP contribution is 2.40. The molecule has 2 aliphatic rings. The highest BCUT2D eigenvalue weighted by atomic mass is 16.5. The monoisotopic (exact) mass is 363 g/mol. The topological polar surface area (TPSA) is 46.6 Å². The van der Waals surface area contributed by atoms with Gasteiger partial charge in [0.25, 0.3) is 5.91 Å². The number of fused-ring (bicyclic) bond motifs is 1. The van der Waals surface area contributed by atoms with E-state index in [0.29, 0.717) is 11.5 Å². The number of nitrogens with zero attached hydrogens (tertiary/aromatic N) is 1. The predicted molar refractivity (Wildman–Crippen MR) is 103 cm³/mol. The van der Waals surface area contributed by atoms with Crippen LogP contribution >= 0.6 is 0 Å². The third kappa shape index (κ3) is 3.75. The first-order chi connectivity index (χ1) is 13.2. The van der Waals surface area contributed by atoms with Crippen molar-refractivity contribution in [3.05, 3.63) is 71.8 Å². The SMILES string of the molecule is O=C(OCc1ccccc1)[C@@H]1C[C@@H]2CCCC[C@H]2N1C(=O)c1ccccc1. The molecular weight excluding hydrogens is 338 g/mol. The number of esters is 1. The van der Waals surface area contributed by atoms with Crippen LogP contribution < -0.4 is 0 Å². The van der Waals surface area contributed by atoms with E-state index in [4.69, 9.17) is 4.74 Å². The number of benzene rings is 2. The van der Waals surface area contributed by atoms with Crippen molar-refractivity contribution in [1.29, 1.82) is 0 Å². The molecule has 1 heterocycles. The Labute approximate surface area is 160 Å². The largest absolute Gasteiger partial charge is 0.459 e. The molecule has 4 heteroatoms. The van der Waals surface area contributed by atoms with E-state index in [2.05, 4.69) is 0 Å². The molecular formula is C23H25NO3. The number of amides is 1. The lowest BCUT2D eigenvalue weighted by atomic mass is 9.84. The maximum absolute atomic E-state index is 13.2. The number of carbonyl (C=O) groups is 2. The zero-order chi connectivity index (χ0) is 18.6. The van der Waals surface area contributed by atoms with E-state index in [1.807, 2.05) is 65.6 Å². The fraction of sp³-hybridized carbons (Fsp3) is 0.391. The second-order valence-corrected chi connectivity index (χ2v) is 7.54. The van der Waals surface area contributed by atoms with Gasteiger partial charge in [0.2, 0.25) is 0 Å². The van der Waals surface area contributed by atoms with E-state index < -0.39 is 6.04 Å². The van der Waals surface area contributed by atoms with Crippen molar-refractivity contribution in [2.45, 2.75) is 50.8 Å². The Balaban J connectivity index is 1.53. The summed E-state index contributed by atoms with van der Waals surface area (Å²) < 4.78 is 5.60. The van der Waals surface area contributed by atoms with Crippen molar-refractivity contribution in [3.63, 3.8) is 0 Å². The average molecular weight is 363 g/mol. The molecule has 140 valence electrons. The van der Waals surface area contributed by atoms with Gasteiger partial charge in [-0.3, -0.25) is 4.79 Å². The Bertz CT molecular complexity index is 790. The molecule has 4 nitrogen and oxygen atoms in total. The molecule has 27 heavy (non-hydrogen) atoms. The minimum atomic E-state index is -0.477. The molecule has 1 saturated carbocycles. The van der Waals surface area contributed by atoms with Gasteiger partial charge in [0.05, 0.1) is 0 Å². The van der Waals surface area contributed by atoms with E-state index in [-0.39, 0.29) is 24.5 Å². The first-order valence-electron chi connectivity index (χ1n) is 9.82. The lowest BCUT2D eigenvalue weighted by Crippen LogP contribution is -2.46. The molecule has 0 aromatic heterocycles. The number of carbonyl (C=O) groups excluding carboxylic acids is 2. The van der Waals surface area contributed by atoms with Crippen molar-refractivity contribution in [2.24, 2.45) is 5.92 Å². The predicted octanol–water partition coefficient (Wildman–Crippen LogP) is 4.20. The van der Waals surface area contributed by atoms with Gasteiger partial charge in [-0.05, 0) is 42.9 Å². The van der Waals surface area contributed by atoms with Gasteiger partial charge in [0, 0.05) is 11.6 Å². The molecule has 0 bridgehead atoms. The summed E-state index contributed by atoms with van der Waals surface area (Å²) in [6, 6.07) is 18.6. The van der Waals surface area contributed by atoms with E-state index in [9.17, 15) is 9.59 Å². The van der Waals surface area contributed by atoms with Gasteiger partial charge >= 0.3 is 5.97 Å². The van der Waals surface area contributed by atoms with E-state index in [0.717, 1.165) is 31.2 Å². The van der Waals surface area contributed by atoms with Crippen LogP contribution in [0.3, 0.4) is 0 Å². The maximum atomic E-state index is 13.2. The molecule has 0 spiro atoms. The van der Waals surface area contributed by atoms with Gasteiger partial charge in [0.15, 0.2) is 0 Å². The zero-order valence-corrected chi connectivity index (χ0v) is 15.4. The van der Waals surface area contributed by atoms with Crippen molar-refractivity contribution in [2.75, 3.05) is 0 Å². The lowest BCUT2D eigenvalue weighted by Gasteiger charge is -2.33. The third-order valence-corrected chi connectivity index (χ3v) is 5.84. The first-order valence-corrected chi connectivity index (χ1v) is 9.82. The highest BCUT2D eigenvalue weighted by molar-refractivity contribution is 5.97. The Kier molecular flexibility index (Phi) is 5.23. The van der Waals surface area contributed by atoms with Crippen LogP contribution in [0.5, 0.6) is 0 Å². The standard InChI is InChI=1S/C23H25NO3/c25-22(18-11-5-2-6-12-18)24-20-14-8-7-13-19(20)15-21(24)23(26)27-16-17-9-3-1-4-10-17/h1-6,9-12,19-21H,7-8,13-16H2/t19-,20+,21-/m0/s1. The summed E-state index contributed by atoms with van der Waals surface area (Å²) >= 11 is 0.